The van der Waals surface area contributed by atoms with E-state index in [1.807, 2.05) is 24.3 Å². The summed E-state index contributed by atoms with van der Waals surface area (Å²) in [5.74, 6) is -0.536. The smallest absolute Gasteiger partial charge is 0.335 e. The quantitative estimate of drug-likeness (QED) is 0.684. The predicted octanol–water partition coefficient (Wildman–Crippen LogP) is 2.73. The minimum Gasteiger partial charge on any atom is -0.493 e. The van der Waals surface area contributed by atoms with Crippen LogP contribution in [0, 0.1) is 0 Å². The molecule has 2 aromatic carbocycles. The van der Waals surface area contributed by atoms with E-state index < -0.39 is 5.97 Å². The van der Waals surface area contributed by atoms with Gasteiger partial charge in [0.25, 0.3) is 5.91 Å². The molecule has 0 saturated heterocycles. The predicted molar refractivity (Wildman–Crippen MR) is 93.0 cm³/mol. The maximum atomic E-state index is 12.1. The molecule has 0 fully saturated rings. The number of carboxylic acid groups (broad SMARTS) is 1. The highest BCUT2D eigenvalue weighted by Gasteiger charge is 2.08. The van der Waals surface area contributed by atoms with Crippen molar-refractivity contribution in [3.8, 4) is 5.75 Å². The minimum absolute atomic E-state index is 0.148. The van der Waals surface area contributed by atoms with Crippen LogP contribution >= 0.6 is 0 Å². The number of carboxylic acids is 1. The summed E-state index contributed by atoms with van der Waals surface area (Å²) < 4.78 is 10.6. The third-order valence-corrected chi connectivity index (χ3v) is 3.51. The summed E-state index contributed by atoms with van der Waals surface area (Å²) in [4.78, 5) is 22.9. The minimum atomic E-state index is -1.02. The molecule has 0 aliphatic heterocycles. The molecular weight excluding hydrogens is 322 g/mol. The van der Waals surface area contributed by atoms with Gasteiger partial charge in [-0.3, -0.25) is 4.79 Å². The van der Waals surface area contributed by atoms with E-state index in [0.29, 0.717) is 25.3 Å². The second kappa shape index (κ2) is 9.44. The van der Waals surface area contributed by atoms with Gasteiger partial charge in [0.1, 0.15) is 5.75 Å². The van der Waals surface area contributed by atoms with Crippen molar-refractivity contribution in [2.24, 2.45) is 0 Å². The molecule has 132 valence electrons. The molecule has 0 unspecified atom stereocenters. The molecule has 0 aliphatic rings. The van der Waals surface area contributed by atoms with Crippen molar-refractivity contribution in [1.29, 1.82) is 0 Å². The van der Waals surface area contributed by atoms with Crippen molar-refractivity contribution < 1.29 is 24.2 Å². The van der Waals surface area contributed by atoms with Crippen LogP contribution in [-0.2, 0) is 11.3 Å². The second-order valence-electron chi connectivity index (χ2n) is 5.41. The van der Waals surface area contributed by atoms with E-state index in [2.05, 4.69) is 5.32 Å². The molecule has 1 amide bonds. The number of carbonyl (C=O) groups is 2. The third-order valence-electron chi connectivity index (χ3n) is 3.51. The zero-order valence-electron chi connectivity index (χ0n) is 14.0. The maximum absolute atomic E-state index is 12.1. The molecular formula is C19H21NO5. The van der Waals surface area contributed by atoms with E-state index in [0.717, 1.165) is 17.7 Å². The SMILES string of the molecule is COCCCOc1cccc(CNC(=O)c2ccc(C(=O)O)cc2)c1. The molecule has 0 heterocycles. The van der Waals surface area contributed by atoms with E-state index in [1.165, 1.54) is 24.3 Å². The summed E-state index contributed by atoms with van der Waals surface area (Å²) in [6.07, 6.45) is 0.809. The van der Waals surface area contributed by atoms with Crippen LogP contribution in [0.1, 0.15) is 32.7 Å². The standard InChI is InChI=1S/C19H21NO5/c1-24-10-3-11-25-17-5-2-4-14(12-17)13-20-18(21)15-6-8-16(9-7-15)19(22)23/h2,4-9,12H,3,10-11,13H2,1H3,(H,20,21)(H,22,23). The molecule has 0 aliphatic carbocycles. The number of hydrogen-bond donors (Lipinski definition) is 2. The molecule has 6 nitrogen and oxygen atoms in total. The number of ether oxygens (including phenoxy) is 2. The van der Waals surface area contributed by atoms with Crippen molar-refractivity contribution in [2.75, 3.05) is 20.3 Å². The van der Waals surface area contributed by atoms with Crippen molar-refractivity contribution in [1.82, 2.24) is 5.32 Å². The summed E-state index contributed by atoms with van der Waals surface area (Å²) in [5, 5.41) is 11.7. The number of rotatable bonds is 9. The lowest BCUT2D eigenvalue weighted by Crippen LogP contribution is -2.22. The number of nitrogens with one attached hydrogen (secondary N) is 1. The zero-order valence-corrected chi connectivity index (χ0v) is 14.0. The molecule has 0 atom stereocenters. The van der Waals surface area contributed by atoms with Gasteiger partial charge in [0.15, 0.2) is 0 Å². The fourth-order valence-corrected chi connectivity index (χ4v) is 2.19. The Morgan fingerprint density at radius 1 is 1.04 bits per heavy atom. The summed E-state index contributed by atoms with van der Waals surface area (Å²) >= 11 is 0. The highest BCUT2D eigenvalue weighted by atomic mass is 16.5. The van der Waals surface area contributed by atoms with Crippen LogP contribution in [-0.4, -0.2) is 37.3 Å². The Morgan fingerprint density at radius 2 is 1.76 bits per heavy atom. The average molecular weight is 343 g/mol. The Morgan fingerprint density at radius 3 is 2.44 bits per heavy atom. The zero-order chi connectivity index (χ0) is 18.1. The first-order chi connectivity index (χ1) is 12.1. The molecule has 2 rings (SSSR count). The van der Waals surface area contributed by atoms with Gasteiger partial charge < -0.3 is 19.9 Å². The summed E-state index contributed by atoms with van der Waals surface area (Å²) in [7, 11) is 1.65. The molecule has 0 aromatic heterocycles. The Balaban J connectivity index is 1.87. The van der Waals surface area contributed by atoms with Gasteiger partial charge in [0.2, 0.25) is 0 Å². The van der Waals surface area contributed by atoms with Gasteiger partial charge in [-0.1, -0.05) is 12.1 Å². The highest BCUT2D eigenvalue weighted by molar-refractivity contribution is 5.95. The van der Waals surface area contributed by atoms with Gasteiger partial charge in [-0.05, 0) is 42.0 Å². The van der Waals surface area contributed by atoms with Crippen LogP contribution < -0.4 is 10.1 Å². The molecule has 6 heteroatoms. The highest BCUT2D eigenvalue weighted by Crippen LogP contribution is 2.14. The number of aromatic carboxylic acids is 1. The Bertz CT molecular complexity index is 712. The van der Waals surface area contributed by atoms with Crippen LogP contribution in [0.5, 0.6) is 5.75 Å². The number of carbonyl (C=O) groups excluding carboxylic acids is 1. The molecule has 0 bridgehead atoms. The second-order valence-corrected chi connectivity index (χ2v) is 5.41. The molecule has 2 aromatic rings. The van der Waals surface area contributed by atoms with E-state index >= 15 is 0 Å². The maximum Gasteiger partial charge on any atom is 0.335 e. The summed E-state index contributed by atoms with van der Waals surface area (Å²) in [6, 6.07) is 13.3. The van der Waals surface area contributed by atoms with Gasteiger partial charge in [0, 0.05) is 32.2 Å². The molecule has 25 heavy (non-hydrogen) atoms. The first kappa shape index (κ1) is 18.5. The van der Waals surface area contributed by atoms with E-state index in [-0.39, 0.29) is 11.5 Å². The van der Waals surface area contributed by atoms with Crippen LogP contribution in [0.2, 0.25) is 0 Å². The van der Waals surface area contributed by atoms with Crippen LogP contribution in [0.15, 0.2) is 48.5 Å². The number of benzene rings is 2. The fraction of sp³-hybridized carbons (Fsp3) is 0.263. The molecule has 2 N–H and O–H groups in total. The Kier molecular flexibility index (Phi) is 6.98. The molecule has 0 saturated carbocycles. The Hall–Kier alpha value is -2.86. The summed E-state index contributed by atoms with van der Waals surface area (Å²) in [6.45, 7) is 1.57. The first-order valence-corrected chi connectivity index (χ1v) is 7.92. The largest absolute Gasteiger partial charge is 0.493 e. The van der Waals surface area contributed by atoms with Crippen molar-refractivity contribution >= 4 is 11.9 Å². The lowest BCUT2D eigenvalue weighted by atomic mass is 10.1. The van der Waals surface area contributed by atoms with Gasteiger partial charge in [0.05, 0.1) is 12.2 Å². The van der Waals surface area contributed by atoms with Crippen molar-refractivity contribution in [3.05, 3.63) is 65.2 Å². The lowest BCUT2D eigenvalue weighted by molar-refractivity contribution is 0.0696. The van der Waals surface area contributed by atoms with Crippen molar-refractivity contribution in [3.63, 3.8) is 0 Å². The van der Waals surface area contributed by atoms with E-state index in [4.69, 9.17) is 14.6 Å². The van der Waals surface area contributed by atoms with Crippen molar-refractivity contribution in [2.45, 2.75) is 13.0 Å². The van der Waals surface area contributed by atoms with Gasteiger partial charge in [-0.25, -0.2) is 4.79 Å². The fourth-order valence-electron chi connectivity index (χ4n) is 2.19. The number of amides is 1. The third kappa shape index (κ3) is 5.93. The molecule has 0 spiro atoms. The van der Waals surface area contributed by atoms with Gasteiger partial charge in [-0.15, -0.1) is 0 Å². The first-order valence-electron chi connectivity index (χ1n) is 7.92. The molecule has 0 radical (unpaired) electrons. The topological polar surface area (TPSA) is 84.9 Å². The van der Waals surface area contributed by atoms with E-state index in [9.17, 15) is 9.59 Å². The Labute approximate surface area is 146 Å². The summed E-state index contributed by atoms with van der Waals surface area (Å²) in [5.41, 5.74) is 1.48. The normalized spacial score (nSPS) is 10.3. The van der Waals surface area contributed by atoms with Gasteiger partial charge in [-0.2, -0.15) is 0 Å². The van der Waals surface area contributed by atoms with Crippen LogP contribution in [0.25, 0.3) is 0 Å². The van der Waals surface area contributed by atoms with E-state index in [1.54, 1.807) is 7.11 Å². The average Bonchev–Trinajstić information content (AvgIpc) is 2.64. The lowest BCUT2D eigenvalue weighted by Gasteiger charge is -2.09. The number of methoxy groups -OCH3 is 1. The van der Waals surface area contributed by atoms with Gasteiger partial charge >= 0.3 is 5.97 Å². The number of hydrogen-bond acceptors (Lipinski definition) is 4. The van der Waals surface area contributed by atoms with Crippen LogP contribution in [0.4, 0.5) is 0 Å². The monoisotopic (exact) mass is 343 g/mol. The van der Waals surface area contributed by atoms with Crippen LogP contribution in [0.3, 0.4) is 0 Å².